The van der Waals surface area contributed by atoms with Gasteiger partial charge in [-0.3, -0.25) is 9.59 Å². The Hall–Kier alpha value is -3.77. The van der Waals surface area contributed by atoms with E-state index in [9.17, 15) is 14.7 Å². The monoisotopic (exact) mass is 461 g/mol. The Kier molecular flexibility index (Phi) is 5.10. The Balaban J connectivity index is 1.76. The minimum absolute atomic E-state index is 0.0159. The van der Waals surface area contributed by atoms with Gasteiger partial charge in [-0.25, -0.2) is 0 Å². The summed E-state index contributed by atoms with van der Waals surface area (Å²) in [6.45, 7) is 2.08. The fourth-order valence-electron chi connectivity index (χ4n) is 4.29. The van der Waals surface area contributed by atoms with Gasteiger partial charge in [0, 0.05) is 11.6 Å². The van der Waals surface area contributed by atoms with Crippen LogP contribution in [0.5, 0.6) is 11.5 Å². The van der Waals surface area contributed by atoms with Crippen LogP contribution >= 0.6 is 11.6 Å². The molecular formula is C26H20ClNO5. The van der Waals surface area contributed by atoms with Crippen molar-refractivity contribution in [3.8, 4) is 11.5 Å². The first-order chi connectivity index (χ1) is 15.9. The lowest BCUT2D eigenvalue weighted by atomic mass is 9.97. The number of rotatable bonds is 4. The molecule has 0 bridgehead atoms. The quantitative estimate of drug-likeness (QED) is 0.451. The molecular weight excluding hydrogens is 442 g/mol. The van der Waals surface area contributed by atoms with Gasteiger partial charge in [-0.1, -0.05) is 48.0 Å². The summed E-state index contributed by atoms with van der Waals surface area (Å²) >= 11 is 6.28. The highest BCUT2D eigenvalue weighted by Gasteiger charge is 2.43. The molecule has 1 amide bonds. The van der Waals surface area contributed by atoms with Crippen molar-refractivity contribution in [1.82, 2.24) is 4.90 Å². The molecule has 0 aliphatic carbocycles. The van der Waals surface area contributed by atoms with E-state index in [0.29, 0.717) is 21.6 Å². The van der Waals surface area contributed by atoms with E-state index in [1.54, 1.807) is 29.2 Å². The van der Waals surface area contributed by atoms with E-state index in [-0.39, 0.29) is 40.7 Å². The molecule has 1 aliphatic rings. The van der Waals surface area contributed by atoms with Crippen molar-refractivity contribution in [2.45, 2.75) is 19.5 Å². The zero-order valence-corrected chi connectivity index (χ0v) is 18.7. The molecule has 3 aromatic carbocycles. The van der Waals surface area contributed by atoms with Crippen molar-refractivity contribution in [3.05, 3.63) is 104 Å². The molecule has 1 aromatic heterocycles. The van der Waals surface area contributed by atoms with E-state index in [4.69, 9.17) is 20.8 Å². The average Bonchev–Trinajstić information content (AvgIpc) is 3.08. The molecule has 1 unspecified atom stereocenters. The maximum Gasteiger partial charge on any atom is 0.291 e. The van der Waals surface area contributed by atoms with Crippen molar-refractivity contribution in [2.75, 3.05) is 7.11 Å². The first-order valence-electron chi connectivity index (χ1n) is 10.4. The number of hydrogen-bond acceptors (Lipinski definition) is 5. The minimum Gasteiger partial charge on any atom is -0.504 e. The third kappa shape index (κ3) is 3.43. The average molecular weight is 462 g/mol. The van der Waals surface area contributed by atoms with E-state index in [2.05, 4.69) is 0 Å². The smallest absolute Gasteiger partial charge is 0.291 e. The highest BCUT2D eigenvalue weighted by atomic mass is 35.5. The number of aromatic hydroxyl groups is 1. The topological polar surface area (TPSA) is 80.0 Å². The number of ether oxygens (including phenoxy) is 1. The van der Waals surface area contributed by atoms with E-state index in [1.807, 2.05) is 37.3 Å². The standard InChI is InChI=1S/C26H20ClNO5/c1-14-10-20-17(12-18(14)27)24(30)22-23(16-8-9-19(29)21(11-16)32-2)28(26(31)25(22)33-20)13-15-6-4-3-5-7-15/h3-12,23,29H,13H2,1-2H3. The molecule has 0 fully saturated rings. The van der Waals surface area contributed by atoms with Gasteiger partial charge >= 0.3 is 0 Å². The molecule has 0 saturated heterocycles. The number of amides is 1. The van der Waals surface area contributed by atoms with Crippen LogP contribution in [0.4, 0.5) is 0 Å². The summed E-state index contributed by atoms with van der Waals surface area (Å²) in [5.41, 5.74) is 2.53. The molecule has 0 radical (unpaired) electrons. The Morgan fingerprint density at radius 2 is 1.85 bits per heavy atom. The molecule has 166 valence electrons. The van der Waals surface area contributed by atoms with Crippen molar-refractivity contribution in [2.24, 2.45) is 0 Å². The molecule has 7 heteroatoms. The highest BCUT2D eigenvalue weighted by Crippen LogP contribution is 2.41. The summed E-state index contributed by atoms with van der Waals surface area (Å²) in [5.74, 6) is -0.148. The second-order valence-electron chi connectivity index (χ2n) is 8.02. The lowest BCUT2D eigenvalue weighted by Crippen LogP contribution is -2.29. The Morgan fingerprint density at radius 3 is 2.58 bits per heavy atom. The zero-order chi connectivity index (χ0) is 23.3. The normalized spacial score (nSPS) is 15.2. The fraction of sp³-hybridized carbons (Fsp3) is 0.154. The first-order valence-corrected chi connectivity index (χ1v) is 10.8. The second kappa shape index (κ2) is 7.98. The number of carbonyl (C=O) groups is 1. The number of methoxy groups -OCH3 is 1. The Bertz CT molecular complexity index is 1460. The number of nitrogens with zero attached hydrogens (tertiary/aromatic N) is 1. The largest absolute Gasteiger partial charge is 0.504 e. The number of phenolic OH excluding ortho intramolecular Hbond substituents is 1. The van der Waals surface area contributed by atoms with E-state index in [0.717, 1.165) is 11.1 Å². The highest BCUT2D eigenvalue weighted by molar-refractivity contribution is 6.32. The van der Waals surface area contributed by atoms with Gasteiger partial charge in [-0.2, -0.15) is 0 Å². The summed E-state index contributed by atoms with van der Waals surface area (Å²) in [5, 5.41) is 10.8. The van der Waals surface area contributed by atoms with Gasteiger partial charge in [0.15, 0.2) is 16.9 Å². The van der Waals surface area contributed by atoms with Crippen LogP contribution in [0.1, 0.15) is 38.9 Å². The summed E-state index contributed by atoms with van der Waals surface area (Å²) < 4.78 is 11.3. The van der Waals surface area contributed by atoms with Gasteiger partial charge in [0.1, 0.15) is 5.58 Å². The van der Waals surface area contributed by atoms with Gasteiger partial charge in [0.2, 0.25) is 5.76 Å². The van der Waals surface area contributed by atoms with Crippen LogP contribution in [0.25, 0.3) is 11.0 Å². The first kappa shape index (κ1) is 21.1. The molecule has 1 atom stereocenters. The molecule has 0 spiro atoms. The maximum atomic E-state index is 13.7. The van der Waals surface area contributed by atoms with Crippen molar-refractivity contribution in [1.29, 1.82) is 0 Å². The number of benzene rings is 3. The van der Waals surface area contributed by atoms with Crippen LogP contribution in [0.2, 0.25) is 5.02 Å². The zero-order valence-electron chi connectivity index (χ0n) is 18.0. The van der Waals surface area contributed by atoms with Gasteiger partial charge in [-0.05, 0) is 47.9 Å². The van der Waals surface area contributed by atoms with Crippen LogP contribution in [-0.4, -0.2) is 23.0 Å². The summed E-state index contributed by atoms with van der Waals surface area (Å²) in [7, 11) is 1.44. The van der Waals surface area contributed by atoms with Crippen LogP contribution in [-0.2, 0) is 6.54 Å². The van der Waals surface area contributed by atoms with Crippen LogP contribution in [0.15, 0.2) is 69.9 Å². The molecule has 1 N–H and O–H groups in total. The molecule has 4 aromatic rings. The number of carbonyl (C=O) groups excluding carboxylic acids is 1. The van der Waals surface area contributed by atoms with E-state index >= 15 is 0 Å². The van der Waals surface area contributed by atoms with Crippen LogP contribution < -0.4 is 10.2 Å². The summed E-state index contributed by atoms with van der Waals surface area (Å²) in [6.07, 6.45) is 0. The lowest BCUT2D eigenvalue weighted by molar-refractivity contribution is 0.0714. The summed E-state index contributed by atoms with van der Waals surface area (Å²) in [6, 6.07) is 16.8. The van der Waals surface area contributed by atoms with Gasteiger partial charge in [-0.15, -0.1) is 0 Å². The molecule has 1 aliphatic heterocycles. The number of hydrogen-bond donors (Lipinski definition) is 1. The third-order valence-electron chi connectivity index (χ3n) is 5.96. The maximum absolute atomic E-state index is 13.7. The molecule has 2 heterocycles. The van der Waals surface area contributed by atoms with Crippen LogP contribution in [0, 0.1) is 6.92 Å². The number of fused-ring (bicyclic) bond motifs is 2. The van der Waals surface area contributed by atoms with Crippen LogP contribution in [0.3, 0.4) is 0 Å². The van der Waals surface area contributed by atoms with Crippen molar-refractivity contribution in [3.63, 3.8) is 0 Å². The second-order valence-corrected chi connectivity index (χ2v) is 8.43. The Morgan fingerprint density at radius 1 is 1.09 bits per heavy atom. The van der Waals surface area contributed by atoms with Gasteiger partial charge in [0.25, 0.3) is 5.91 Å². The summed E-state index contributed by atoms with van der Waals surface area (Å²) in [4.78, 5) is 28.8. The van der Waals surface area contributed by atoms with Crippen molar-refractivity contribution < 1.29 is 19.1 Å². The van der Waals surface area contributed by atoms with E-state index < -0.39 is 6.04 Å². The molecule has 6 nitrogen and oxygen atoms in total. The fourth-order valence-corrected chi connectivity index (χ4v) is 4.46. The molecule has 5 rings (SSSR count). The minimum atomic E-state index is -0.720. The molecule has 33 heavy (non-hydrogen) atoms. The van der Waals surface area contributed by atoms with E-state index in [1.165, 1.54) is 13.2 Å². The third-order valence-corrected chi connectivity index (χ3v) is 6.37. The number of phenols is 1. The van der Waals surface area contributed by atoms with Gasteiger partial charge < -0.3 is 19.2 Å². The molecule has 0 saturated carbocycles. The predicted octanol–water partition coefficient (Wildman–Crippen LogP) is 5.21. The number of halogens is 1. The predicted molar refractivity (Wildman–Crippen MR) is 125 cm³/mol. The number of aryl methyl sites for hydroxylation is 1. The Labute approximate surface area is 194 Å². The van der Waals surface area contributed by atoms with Gasteiger partial charge in [0.05, 0.1) is 24.1 Å². The SMILES string of the molecule is COc1cc(C2c3c(oc4cc(C)c(Cl)cc4c3=O)C(=O)N2Cc2ccccc2)ccc1O. The van der Waals surface area contributed by atoms with Crippen molar-refractivity contribution >= 4 is 28.5 Å². The lowest BCUT2D eigenvalue weighted by Gasteiger charge is -2.25.